The number of benzene rings is 1. The summed E-state index contributed by atoms with van der Waals surface area (Å²) in [4.78, 5) is 12.7. The molecule has 0 saturated heterocycles. The highest BCUT2D eigenvalue weighted by Gasteiger charge is 2.22. The quantitative estimate of drug-likeness (QED) is 0.742. The van der Waals surface area contributed by atoms with E-state index < -0.39 is 0 Å². The average molecular weight is 284 g/mol. The molecule has 19 heavy (non-hydrogen) atoms. The van der Waals surface area contributed by atoms with E-state index in [1.165, 1.54) is 12.1 Å². The van der Waals surface area contributed by atoms with E-state index in [4.69, 9.17) is 5.11 Å². The zero-order chi connectivity index (χ0) is 13.7. The normalized spacial score (nSPS) is 17.7. The van der Waals surface area contributed by atoms with Crippen LogP contribution in [0.1, 0.15) is 24.4 Å². The molecular formula is C13H17FN2O2S. The van der Waals surface area contributed by atoms with Crippen molar-refractivity contribution in [2.24, 2.45) is 0 Å². The zero-order valence-corrected chi connectivity index (χ0v) is 11.3. The Kier molecular flexibility index (Phi) is 5.04. The van der Waals surface area contributed by atoms with Crippen LogP contribution >= 0.6 is 11.8 Å². The number of nitrogens with one attached hydrogen (secondary N) is 2. The molecule has 0 aromatic heterocycles. The summed E-state index contributed by atoms with van der Waals surface area (Å²) in [6.45, 7) is 0.480. The summed E-state index contributed by atoms with van der Waals surface area (Å²) >= 11 is 1.68. The molecule has 1 aromatic rings. The first-order chi connectivity index (χ1) is 9.20. The van der Waals surface area contributed by atoms with Gasteiger partial charge in [-0.2, -0.15) is 0 Å². The second-order valence-electron chi connectivity index (χ2n) is 4.35. The molecule has 104 valence electrons. The van der Waals surface area contributed by atoms with Gasteiger partial charge in [0.2, 0.25) is 0 Å². The molecule has 2 rings (SSSR count). The van der Waals surface area contributed by atoms with Crippen molar-refractivity contribution in [2.75, 3.05) is 18.9 Å². The number of amides is 2. The summed E-state index contributed by atoms with van der Waals surface area (Å²) in [5.74, 6) is 0.619. The maximum Gasteiger partial charge on any atom is 0.315 e. The van der Waals surface area contributed by atoms with E-state index in [0.29, 0.717) is 13.0 Å². The van der Waals surface area contributed by atoms with Gasteiger partial charge in [0.15, 0.2) is 0 Å². The number of hydrogen-bond acceptors (Lipinski definition) is 3. The molecule has 1 atom stereocenters. The van der Waals surface area contributed by atoms with E-state index in [0.717, 1.165) is 22.6 Å². The van der Waals surface area contributed by atoms with Crippen molar-refractivity contribution in [3.63, 3.8) is 0 Å². The summed E-state index contributed by atoms with van der Waals surface area (Å²) < 4.78 is 13.3. The van der Waals surface area contributed by atoms with Crippen molar-refractivity contribution in [3.8, 4) is 0 Å². The lowest BCUT2D eigenvalue weighted by molar-refractivity contribution is 0.234. The highest BCUT2D eigenvalue weighted by atomic mass is 32.2. The van der Waals surface area contributed by atoms with Crippen LogP contribution in [0.5, 0.6) is 0 Å². The van der Waals surface area contributed by atoms with Crippen LogP contribution in [0.15, 0.2) is 23.1 Å². The number of rotatable bonds is 4. The number of carbonyl (C=O) groups is 1. The molecule has 3 N–H and O–H groups in total. The first kappa shape index (κ1) is 14.1. The Hall–Kier alpha value is -1.27. The fourth-order valence-electron chi connectivity index (χ4n) is 2.01. The van der Waals surface area contributed by atoms with Gasteiger partial charge in [0, 0.05) is 23.8 Å². The van der Waals surface area contributed by atoms with Gasteiger partial charge in [0.05, 0.1) is 6.04 Å². The van der Waals surface area contributed by atoms with E-state index in [1.54, 1.807) is 17.8 Å². The van der Waals surface area contributed by atoms with Crippen LogP contribution in [0.2, 0.25) is 0 Å². The van der Waals surface area contributed by atoms with E-state index in [-0.39, 0.29) is 24.5 Å². The average Bonchev–Trinajstić information content (AvgIpc) is 2.40. The Labute approximate surface area is 115 Å². The second-order valence-corrected chi connectivity index (χ2v) is 5.49. The van der Waals surface area contributed by atoms with E-state index in [9.17, 15) is 9.18 Å². The molecule has 4 nitrogen and oxygen atoms in total. The first-order valence-electron chi connectivity index (χ1n) is 6.28. The van der Waals surface area contributed by atoms with Crippen LogP contribution in [0.25, 0.3) is 0 Å². The van der Waals surface area contributed by atoms with E-state index >= 15 is 0 Å². The molecule has 1 aromatic carbocycles. The number of fused-ring (bicyclic) bond motifs is 1. The van der Waals surface area contributed by atoms with Gasteiger partial charge in [-0.25, -0.2) is 9.18 Å². The van der Waals surface area contributed by atoms with Crippen LogP contribution in [-0.2, 0) is 0 Å². The summed E-state index contributed by atoms with van der Waals surface area (Å²) in [6, 6.07) is 4.25. The Morgan fingerprint density at radius 3 is 3.16 bits per heavy atom. The summed E-state index contributed by atoms with van der Waals surface area (Å²) in [5, 5.41) is 14.2. The third-order valence-corrected chi connectivity index (χ3v) is 4.06. The number of aliphatic hydroxyl groups is 1. The smallest absolute Gasteiger partial charge is 0.315 e. The molecule has 6 heteroatoms. The molecule has 1 aliphatic rings. The number of hydrogen-bond donors (Lipinski definition) is 3. The minimum Gasteiger partial charge on any atom is -0.396 e. The van der Waals surface area contributed by atoms with Gasteiger partial charge in [0.1, 0.15) is 5.82 Å². The predicted molar refractivity (Wildman–Crippen MR) is 72.7 cm³/mol. The fourth-order valence-corrected chi connectivity index (χ4v) is 3.11. The third kappa shape index (κ3) is 3.84. The lowest BCUT2D eigenvalue weighted by Crippen LogP contribution is -2.39. The van der Waals surface area contributed by atoms with Crippen molar-refractivity contribution < 1.29 is 14.3 Å². The van der Waals surface area contributed by atoms with Crippen molar-refractivity contribution in [3.05, 3.63) is 29.6 Å². The van der Waals surface area contributed by atoms with Gasteiger partial charge in [-0.05, 0) is 36.6 Å². The van der Waals surface area contributed by atoms with Gasteiger partial charge in [-0.15, -0.1) is 11.8 Å². The Bertz CT molecular complexity index is 456. The van der Waals surface area contributed by atoms with Crippen LogP contribution < -0.4 is 10.6 Å². The largest absolute Gasteiger partial charge is 0.396 e. The minimum absolute atomic E-state index is 0.0500. The zero-order valence-electron chi connectivity index (χ0n) is 10.5. The molecule has 2 amide bonds. The molecule has 0 aliphatic carbocycles. The molecule has 0 fully saturated rings. The van der Waals surface area contributed by atoms with Crippen LogP contribution in [0, 0.1) is 5.82 Å². The Balaban J connectivity index is 1.99. The highest BCUT2D eigenvalue weighted by molar-refractivity contribution is 7.99. The molecule has 0 spiro atoms. The number of thioether (sulfide) groups is 1. The van der Waals surface area contributed by atoms with Gasteiger partial charge >= 0.3 is 6.03 Å². The van der Waals surface area contributed by atoms with Crippen molar-refractivity contribution in [2.45, 2.75) is 23.8 Å². The van der Waals surface area contributed by atoms with E-state index in [1.807, 2.05) is 0 Å². The standard InChI is InChI=1S/C13H17FN2O2S/c14-9-2-3-12-10(8-9)11(4-7-19-12)16-13(18)15-5-1-6-17/h2-3,8,11,17H,1,4-7H2,(H2,15,16,18). The highest BCUT2D eigenvalue weighted by Crippen LogP contribution is 2.36. The summed E-state index contributed by atoms with van der Waals surface area (Å²) in [7, 11) is 0. The number of carbonyl (C=O) groups excluding carboxylic acids is 1. The predicted octanol–water partition coefficient (Wildman–Crippen LogP) is 2.04. The van der Waals surface area contributed by atoms with Crippen LogP contribution in [0.3, 0.4) is 0 Å². The SMILES string of the molecule is O=C(NCCCO)NC1CCSc2ccc(F)cc21. The van der Waals surface area contributed by atoms with Crippen LogP contribution in [0.4, 0.5) is 9.18 Å². The van der Waals surface area contributed by atoms with Gasteiger partial charge in [-0.1, -0.05) is 0 Å². The molecule has 0 radical (unpaired) electrons. The summed E-state index contributed by atoms with van der Waals surface area (Å²) in [6.07, 6.45) is 1.31. The second kappa shape index (κ2) is 6.77. The van der Waals surface area contributed by atoms with Gasteiger partial charge < -0.3 is 15.7 Å². The summed E-state index contributed by atoms with van der Waals surface area (Å²) in [5.41, 5.74) is 0.841. The van der Waals surface area contributed by atoms with Gasteiger partial charge in [0.25, 0.3) is 0 Å². The van der Waals surface area contributed by atoms with E-state index in [2.05, 4.69) is 10.6 Å². The van der Waals surface area contributed by atoms with Crippen LogP contribution in [-0.4, -0.2) is 30.0 Å². The maximum atomic E-state index is 13.3. The topological polar surface area (TPSA) is 61.4 Å². The van der Waals surface area contributed by atoms with Crippen molar-refractivity contribution in [1.29, 1.82) is 0 Å². The van der Waals surface area contributed by atoms with Crippen molar-refractivity contribution in [1.82, 2.24) is 10.6 Å². The fraction of sp³-hybridized carbons (Fsp3) is 0.462. The lowest BCUT2D eigenvalue weighted by atomic mass is 10.0. The number of aliphatic hydroxyl groups excluding tert-OH is 1. The molecule has 1 aliphatic heterocycles. The Morgan fingerprint density at radius 2 is 2.37 bits per heavy atom. The number of halogens is 1. The molecule has 1 unspecified atom stereocenters. The monoisotopic (exact) mass is 284 g/mol. The third-order valence-electron chi connectivity index (χ3n) is 2.94. The maximum absolute atomic E-state index is 13.3. The molecule has 0 bridgehead atoms. The molecule has 1 heterocycles. The number of urea groups is 1. The minimum atomic E-state index is -0.284. The first-order valence-corrected chi connectivity index (χ1v) is 7.26. The molecule has 0 saturated carbocycles. The lowest BCUT2D eigenvalue weighted by Gasteiger charge is -2.26. The molecular weight excluding hydrogens is 267 g/mol. The Morgan fingerprint density at radius 1 is 1.53 bits per heavy atom. The van der Waals surface area contributed by atoms with Crippen molar-refractivity contribution >= 4 is 17.8 Å². The van der Waals surface area contributed by atoms with Gasteiger partial charge in [-0.3, -0.25) is 0 Å².